The Morgan fingerprint density at radius 2 is 1.13 bits per heavy atom. The van der Waals surface area contributed by atoms with Crippen LogP contribution in [0.3, 0.4) is 0 Å². The second-order valence-corrected chi connectivity index (χ2v) is 5.90. The fraction of sp³-hybridized carbons (Fsp3) is 0. The molecule has 0 aliphatic heterocycles. The lowest BCUT2D eigenvalue weighted by Gasteiger charge is -2.08. The van der Waals surface area contributed by atoms with Crippen LogP contribution in [0.1, 0.15) is 0 Å². The highest BCUT2D eigenvalue weighted by Gasteiger charge is 2.12. The van der Waals surface area contributed by atoms with Gasteiger partial charge in [0.05, 0.1) is 11.0 Å². The molecule has 0 unspecified atom stereocenters. The molecule has 5 rings (SSSR count). The zero-order valence-electron chi connectivity index (χ0n) is 12.6. The molecule has 0 N–H and O–H groups in total. The van der Waals surface area contributed by atoms with Gasteiger partial charge in [0.2, 0.25) is 0 Å². The van der Waals surface area contributed by atoms with Crippen molar-refractivity contribution in [3.8, 4) is 5.69 Å². The first-order valence-corrected chi connectivity index (χ1v) is 7.89. The minimum Gasteiger partial charge on any atom is -0.309 e. The zero-order valence-corrected chi connectivity index (χ0v) is 12.6. The number of hydrogen-bond donors (Lipinski definition) is 0. The number of hydrogen-bond acceptors (Lipinski definition) is 0. The largest absolute Gasteiger partial charge is 0.309 e. The summed E-state index contributed by atoms with van der Waals surface area (Å²) in [5.74, 6) is 0. The summed E-state index contributed by atoms with van der Waals surface area (Å²) in [5, 5.41) is 5.18. The summed E-state index contributed by atoms with van der Waals surface area (Å²) in [6.07, 6.45) is 0. The summed E-state index contributed by atoms with van der Waals surface area (Å²) >= 11 is 0. The summed E-state index contributed by atoms with van der Waals surface area (Å²) in [5.41, 5.74) is 3.72. The molecule has 1 aromatic heterocycles. The van der Waals surface area contributed by atoms with Crippen molar-refractivity contribution in [2.24, 2.45) is 0 Å². The molecule has 108 valence electrons. The smallest absolute Gasteiger partial charge is 0.0547 e. The molecule has 0 aliphatic rings. The predicted molar refractivity (Wildman–Crippen MR) is 98.3 cm³/mol. The molecule has 0 saturated carbocycles. The second-order valence-electron chi connectivity index (χ2n) is 5.90. The third-order valence-electron chi connectivity index (χ3n) is 4.55. The van der Waals surface area contributed by atoms with Gasteiger partial charge in [0, 0.05) is 16.5 Å². The molecule has 0 radical (unpaired) electrons. The fourth-order valence-corrected chi connectivity index (χ4v) is 3.51. The molecular weight excluding hydrogens is 278 g/mol. The first-order chi connectivity index (χ1) is 11.4. The van der Waals surface area contributed by atoms with Crippen molar-refractivity contribution in [3.05, 3.63) is 91.0 Å². The van der Waals surface area contributed by atoms with E-state index >= 15 is 0 Å². The third kappa shape index (κ3) is 1.80. The number of aromatic nitrogens is 1. The molecule has 23 heavy (non-hydrogen) atoms. The van der Waals surface area contributed by atoms with Crippen molar-refractivity contribution in [2.45, 2.75) is 0 Å². The minimum absolute atomic E-state index is 1.20. The average molecular weight is 293 g/mol. The maximum atomic E-state index is 2.36. The van der Waals surface area contributed by atoms with Crippen molar-refractivity contribution in [1.82, 2.24) is 4.57 Å². The Hall–Kier alpha value is -3.06. The molecule has 1 heteroatoms. The Labute approximate surface area is 134 Å². The van der Waals surface area contributed by atoms with E-state index < -0.39 is 0 Å². The SMILES string of the molecule is c1ccc(-n2c3ccccc3c3cc4ccccc4cc32)cc1. The van der Waals surface area contributed by atoms with Gasteiger partial charge in [-0.3, -0.25) is 0 Å². The van der Waals surface area contributed by atoms with E-state index in [2.05, 4.69) is 95.6 Å². The van der Waals surface area contributed by atoms with Crippen LogP contribution >= 0.6 is 0 Å². The zero-order chi connectivity index (χ0) is 15.2. The van der Waals surface area contributed by atoms with E-state index in [0.29, 0.717) is 0 Å². The van der Waals surface area contributed by atoms with Crippen LogP contribution in [-0.4, -0.2) is 4.57 Å². The Morgan fingerprint density at radius 1 is 0.478 bits per heavy atom. The lowest BCUT2D eigenvalue weighted by Crippen LogP contribution is -1.92. The van der Waals surface area contributed by atoms with Crippen molar-refractivity contribution in [3.63, 3.8) is 0 Å². The molecule has 1 nitrogen and oxygen atoms in total. The topological polar surface area (TPSA) is 4.93 Å². The van der Waals surface area contributed by atoms with Gasteiger partial charge in [-0.2, -0.15) is 0 Å². The molecule has 0 aliphatic carbocycles. The van der Waals surface area contributed by atoms with E-state index in [1.807, 2.05) is 0 Å². The minimum atomic E-state index is 1.20. The van der Waals surface area contributed by atoms with Crippen LogP contribution < -0.4 is 0 Å². The lowest BCUT2D eigenvalue weighted by molar-refractivity contribution is 1.18. The van der Waals surface area contributed by atoms with Gasteiger partial charge in [-0.25, -0.2) is 0 Å². The van der Waals surface area contributed by atoms with Gasteiger partial charge < -0.3 is 4.57 Å². The molecule has 4 aromatic carbocycles. The highest BCUT2D eigenvalue weighted by molar-refractivity contribution is 6.13. The quantitative estimate of drug-likeness (QED) is 0.360. The molecule has 0 spiro atoms. The van der Waals surface area contributed by atoms with Crippen LogP contribution in [0.15, 0.2) is 91.0 Å². The van der Waals surface area contributed by atoms with Crippen LogP contribution in [-0.2, 0) is 0 Å². The van der Waals surface area contributed by atoms with Gasteiger partial charge in [0.25, 0.3) is 0 Å². The first-order valence-electron chi connectivity index (χ1n) is 7.89. The number of para-hydroxylation sites is 2. The van der Waals surface area contributed by atoms with Crippen LogP contribution in [0, 0.1) is 0 Å². The number of nitrogens with zero attached hydrogens (tertiary/aromatic N) is 1. The van der Waals surface area contributed by atoms with Crippen molar-refractivity contribution in [2.75, 3.05) is 0 Å². The van der Waals surface area contributed by atoms with Crippen molar-refractivity contribution in [1.29, 1.82) is 0 Å². The molecule has 1 heterocycles. The molecule has 0 fully saturated rings. The van der Waals surface area contributed by atoms with Gasteiger partial charge >= 0.3 is 0 Å². The van der Waals surface area contributed by atoms with Crippen LogP contribution in [0.5, 0.6) is 0 Å². The van der Waals surface area contributed by atoms with Gasteiger partial charge in [-0.05, 0) is 41.1 Å². The standard InChI is InChI=1S/C22H15N/c1-2-10-18(11-3-1)23-21-13-7-6-12-19(21)20-14-16-8-4-5-9-17(16)15-22(20)23/h1-15H. The summed E-state index contributed by atoms with van der Waals surface area (Å²) < 4.78 is 2.36. The summed E-state index contributed by atoms with van der Waals surface area (Å²) in [7, 11) is 0. The van der Waals surface area contributed by atoms with Crippen molar-refractivity contribution < 1.29 is 0 Å². The van der Waals surface area contributed by atoms with E-state index in [4.69, 9.17) is 0 Å². The molecule has 0 amide bonds. The van der Waals surface area contributed by atoms with Gasteiger partial charge in [0.15, 0.2) is 0 Å². The number of fused-ring (bicyclic) bond motifs is 4. The highest BCUT2D eigenvalue weighted by Crippen LogP contribution is 2.34. The average Bonchev–Trinajstić information content (AvgIpc) is 2.94. The lowest BCUT2D eigenvalue weighted by atomic mass is 10.1. The van der Waals surface area contributed by atoms with E-state index in [0.717, 1.165) is 0 Å². The van der Waals surface area contributed by atoms with E-state index in [-0.39, 0.29) is 0 Å². The Balaban J connectivity index is 2.03. The molecule has 0 atom stereocenters. The van der Waals surface area contributed by atoms with Gasteiger partial charge in [-0.15, -0.1) is 0 Å². The maximum absolute atomic E-state index is 2.36. The molecular formula is C22H15N. The monoisotopic (exact) mass is 293 g/mol. The maximum Gasteiger partial charge on any atom is 0.0547 e. The second kappa shape index (κ2) is 4.72. The molecule has 5 aromatic rings. The van der Waals surface area contributed by atoms with E-state index in [9.17, 15) is 0 Å². The number of rotatable bonds is 1. The van der Waals surface area contributed by atoms with Gasteiger partial charge in [-0.1, -0.05) is 60.7 Å². The normalized spacial score (nSPS) is 11.5. The Kier molecular flexibility index (Phi) is 2.56. The van der Waals surface area contributed by atoms with E-state index in [1.54, 1.807) is 0 Å². The van der Waals surface area contributed by atoms with E-state index in [1.165, 1.54) is 38.3 Å². The third-order valence-corrected chi connectivity index (χ3v) is 4.55. The predicted octanol–water partition coefficient (Wildman–Crippen LogP) is 5.94. The Morgan fingerprint density at radius 3 is 1.96 bits per heavy atom. The summed E-state index contributed by atoms with van der Waals surface area (Å²) in [6, 6.07) is 32.4. The number of benzene rings is 4. The summed E-state index contributed by atoms with van der Waals surface area (Å²) in [4.78, 5) is 0. The Bertz CT molecular complexity index is 1150. The van der Waals surface area contributed by atoms with Crippen LogP contribution in [0.25, 0.3) is 38.3 Å². The summed E-state index contributed by atoms with van der Waals surface area (Å²) in [6.45, 7) is 0. The molecule has 0 bridgehead atoms. The van der Waals surface area contributed by atoms with Crippen LogP contribution in [0.2, 0.25) is 0 Å². The van der Waals surface area contributed by atoms with Crippen LogP contribution in [0.4, 0.5) is 0 Å². The highest BCUT2D eigenvalue weighted by atomic mass is 15.0. The van der Waals surface area contributed by atoms with Crippen molar-refractivity contribution >= 4 is 32.6 Å². The first kappa shape index (κ1) is 12.5. The molecule has 0 saturated heterocycles. The van der Waals surface area contributed by atoms with Gasteiger partial charge in [0.1, 0.15) is 0 Å². The fourth-order valence-electron chi connectivity index (χ4n) is 3.51.